The monoisotopic (exact) mass is 478 g/mol. The molecule has 0 saturated heterocycles. The highest BCUT2D eigenvalue weighted by molar-refractivity contribution is 5.81. The number of ether oxygens (including phenoxy) is 1. The molecule has 6 rings (SSSR count). The number of pyridine rings is 1. The van der Waals surface area contributed by atoms with E-state index < -0.39 is 6.04 Å². The quantitative estimate of drug-likeness (QED) is 0.395. The molecule has 1 atom stereocenters. The average Bonchev–Trinajstić information content (AvgIpc) is 3.37. The van der Waals surface area contributed by atoms with Crippen molar-refractivity contribution in [2.45, 2.75) is 25.4 Å². The zero-order valence-electron chi connectivity index (χ0n) is 20.0. The highest BCUT2D eigenvalue weighted by Gasteiger charge is 2.33. The van der Waals surface area contributed by atoms with Gasteiger partial charge in [0.2, 0.25) is 0 Å². The maximum Gasteiger partial charge on any atom is 0.254 e. The van der Waals surface area contributed by atoms with Crippen LogP contribution >= 0.6 is 0 Å². The minimum absolute atomic E-state index is 0.157. The summed E-state index contributed by atoms with van der Waals surface area (Å²) in [5.74, 6) is 1.36. The lowest BCUT2D eigenvalue weighted by molar-refractivity contribution is 0.415. The van der Waals surface area contributed by atoms with Gasteiger partial charge in [-0.25, -0.2) is 4.68 Å². The van der Waals surface area contributed by atoms with Crippen molar-refractivity contribution >= 4 is 16.6 Å². The highest BCUT2D eigenvalue weighted by atomic mass is 16.5. The van der Waals surface area contributed by atoms with Crippen molar-refractivity contribution in [2.75, 3.05) is 18.6 Å². The first kappa shape index (κ1) is 22.0. The summed E-state index contributed by atoms with van der Waals surface area (Å²) >= 11 is 0. The minimum Gasteiger partial charge on any atom is -0.497 e. The lowest BCUT2D eigenvalue weighted by Crippen LogP contribution is -2.38. The summed E-state index contributed by atoms with van der Waals surface area (Å²) in [6.45, 7) is 1.30. The number of fused-ring (bicyclic) bond motifs is 2. The molecule has 8 nitrogen and oxygen atoms in total. The van der Waals surface area contributed by atoms with E-state index in [0.29, 0.717) is 17.9 Å². The van der Waals surface area contributed by atoms with Crippen molar-refractivity contribution in [3.05, 3.63) is 112 Å². The second-order valence-corrected chi connectivity index (χ2v) is 9.02. The number of aryl methyl sites for hydroxylation is 1. The van der Waals surface area contributed by atoms with E-state index in [1.54, 1.807) is 11.8 Å². The fourth-order valence-corrected chi connectivity index (χ4v) is 5.09. The molecule has 8 heteroatoms. The second kappa shape index (κ2) is 9.30. The molecule has 36 heavy (non-hydrogen) atoms. The Labute approximate surface area is 208 Å². The number of nitrogens with one attached hydrogen (secondary N) is 1. The predicted molar refractivity (Wildman–Crippen MR) is 138 cm³/mol. The molecule has 2 aromatic heterocycles. The van der Waals surface area contributed by atoms with Gasteiger partial charge in [0.05, 0.1) is 13.7 Å². The van der Waals surface area contributed by atoms with Gasteiger partial charge in [-0.3, -0.25) is 4.79 Å². The summed E-state index contributed by atoms with van der Waals surface area (Å²) in [6.07, 6.45) is 1.98. The molecule has 180 valence electrons. The van der Waals surface area contributed by atoms with Crippen LogP contribution in [-0.2, 0) is 13.0 Å². The van der Waals surface area contributed by atoms with Crippen molar-refractivity contribution in [1.82, 2.24) is 25.2 Å². The number of methoxy groups -OCH3 is 1. The zero-order chi connectivity index (χ0) is 24.5. The predicted octanol–water partition coefficient (Wildman–Crippen LogP) is 4.11. The first-order valence-electron chi connectivity index (χ1n) is 12.1. The second-order valence-electron chi connectivity index (χ2n) is 9.02. The Morgan fingerprint density at radius 3 is 2.72 bits per heavy atom. The van der Waals surface area contributed by atoms with Gasteiger partial charge in [-0.1, -0.05) is 48.5 Å². The maximum atomic E-state index is 13.6. The van der Waals surface area contributed by atoms with E-state index >= 15 is 0 Å². The van der Waals surface area contributed by atoms with Crippen LogP contribution in [-0.4, -0.2) is 38.8 Å². The van der Waals surface area contributed by atoms with E-state index in [2.05, 4.69) is 43.6 Å². The number of H-pyrrole nitrogens is 1. The Morgan fingerprint density at radius 2 is 1.86 bits per heavy atom. The Morgan fingerprint density at radius 1 is 1.03 bits per heavy atom. The molecule has 1 aliphatic heterocycles. The number of anilines is 1. The number of aromatic amines is 1. The number of rotatable bonds is 6. The SMILES string of the molecule is COc1ccc2[nH]c(=O)c(C(c3nnnn3Cc3ccccc3)N3CCCc4ccccc43)cc2c1. The Balaban J connectivity index is 1.54. The van der Waals surface area contributed by atoms with Crippen LogP contribution in [0.5, 0.6) is 5.75 Å². The lowest BCUT2D eigenvalue weighted by Gasteiger charge is -2.37. The standard InChI is InChI=1S/C28H26N6O2/c1-36-22-13-14-24-21(16-22)17-23(28(35)29-24)26(33-15-7-11-20-10-5-6-12-25(20)33)27-30-31-32-34(27)18-19-8-3-2-4-9-19/h2-6,8-10,12-14,16-17,26H,7,11,15,18H2,1H3,(H,29,35). The Kier molecular flexibility index (Phi) is 5.69. The fraction of sp³-hybridized carbons (Fsp3) is 0.214. The first-order chi connectivity index (χ1) is 17.7. The van der Waals surface area contributed by atoms with E-state index in [1.807, 2.05) is 60.7 Å². The molecule has 5 aromatic rings. The van der Waals surface area contributed by atoms with Crippen molar-refractivity contribution in [3.63, 3.8) is 0 Å². The van der Waals surface area contributed by atoms with Crippen LogP contribution in [0.15, 0.2) is 83.7 Å². The number of nitrogens with zero attached hydrogens (tertiary/aromatic N) is 5. The van der Waals surface area contributed by atoms with Crippen LogP contribution in [0.2, 0.25) is 0 Å². The summed E-state index contributed by atoms with van der Waals surface area (Å²) in [5.41, 5.74) is 4.64. The zero-order valence-corrected chi connectivity index (χ0v) is 20.0. The van der Waals surface area contributed by atoms with Crippen molar-refractivity contribution < 1.29 is 4.74 Å². The molecule has 0 fully saturated rings. The summed E-state index contributed by atoms with van der Waals surface area (Å²) in [6, 6.07) is 25.6. The van der Waals surface area contributed by atoms with Crippen molar-refractivity contribution in [3.8, 4) is 5.75 Å². The first-order valence-corrected chi connectivity index (χ1v) is 12.1. The van der Waals surface area contributed by atoms with Gasteiger partial charge >= 0.3 is 0 Å². The van der Waals surface area contributed by atoms with Crippen LogP contribution < -0.4 is 15.2 Å². The van der Waals surface area contributed by atoms with Gasteiger partial charge in [0, 0.05) is 28.7 Å². The Hall–Kier alpha value is -4.46. The summed E-state index contributed by atoms with van der Waals surface area (Å²) in [5, 5.41) is 13.7. The molecule has 1 aliphatic rings. The largest absolute Gasteiger partial charge is 0.497 e. The summed E-state index contributed by atoms with van der Waals surface area (Å²) in [4.78, 5) is 18.9. The van der Waals surface area contributed by atoms with E-state index in [-0.39, 0.29) is 5.56 Å². The topological polar surface area (TPSA) is 88.9 Å². The molecule has 0 spiro atoms. The number of hydrogen-bond donors (Lipinski definition) is 1. The summed E-state index contributed by atoms with van der Waals surface area (Å²) in [7, 11) is 1.64. The fourth-order valence-electron chi connectivity index (χ4n) is 5.09. The molecular weight excluding hydrogens is 452 g/mol. The van der Waals surface area contributed by atoms with E-state index in [0.717, 1.165) is 47.3 Å². The van der Waals surface area contributed by atoms with Gasteiger partial charge in [0.25, 0.3) is 5.56 Å². The molecule has 0 amide bonds. The number of aromatic nitrogens is 5. The number of para-hydroxylation sites is 1. The molecule has 0 radical (unpaired) electrons. The number of hydrogen-bond acceptors (Lipinski definition) is 6. The third kappa shape index (κ3) is 4.00. The van der Waals surface area contributed by atoms with Crippen LogP contribution in [0.25, 0.3) is 10.9 Å². The van der Waals surface area contributed by atoms with Crippen molar-refractivity contribution in [2.24, 2.45) is 0 Å². The third-order valence-electron chi connectivity index (χ3n) is 6.81. The molecule has 0 aliphatic carbocycles. The Bertz CT molecular complexity index is 1580. The molecule has 1 N–H and O–H groups in total. The van der Waals surface area contributed by atoms with Gasteiger partial charge in [0.1, 0.15) is 11.8 Å². The molecule has 1 unspecified atom stereocenters. The maximum absolute atomic E-state index is 13.6. The van der Waals surface area contributed by atoms with Crippen LogP contribution in [0.3, 0.4) is 0 Å². The van der Waals surface area contributed by atoms with Gasteiger partial charge < -0.3 is 14.6 Å². The molecule has 0 saturated carbocycles. The number of benzene rings is 3. The van der Waals surface area contributed by atoms with Gasteiger partial charge in [-0.15, -0.1) is 5.10 Å². The van der Waals surface area contributed by atoms with Gasteiger partial charge in [-0.2, -0.15) is 0 Å². The van der Waals surface area contributed by atoms with Crippen LogP contribution in [0.4, 0.5) is 5.69 Å². The number of tetrazole rings is 1. The minimum atomic E-state index is -0.468. The molecule has 0 bridgehead atoms. The van der Waals surface area contributed by atoms with E-state index in [4.69, 9.17) is 4.74 Å². The van der Waals surface area contributed by atoms with Crippen LogP contribution in [0, 0.1) is 0 Å². The molecule has 3 aromatic carbocycles. The lowest BCUT2D eigenvalue weighted by atomic mass is 9.96. The third-order valence-corrected chi connectivity index (χ3v) is 6.81. The van der Waals surface area contributed by atoms with E-state index in [9.17, 15) is 4.79 Å². The smallest absolute Gasteiger partial charge is 0.254 e. The molecule has 3 heterocycles. The van der Waals surface area contributed by atoms with Gasteiger partial charge in [0.15, 0.2) is 5.82 Å². The van der Waals surface area contributed by atoms with Crippen LogP contribution in [0.1, 0.15) is 35.0 Å². The van der Waals surface area contributed by atoms with Gasteiger partial charge in [-0.05, 0) is 64.7 Å². The van der Waals surface area contributed by atoms with E-state index in [1.165, 1.54) is 5.56 Å². The highest BCUT2D eigenvalue weighted by Crippen LogP contribution is 2.37. The average molecular weight is 479 g/mol. The van der Waals surface area contributed by atoms with Crippen molar-refractivity contribution in [1.29, 1.82) is 0 Å². The normalized spacial score (nSPS) is 14.0. The molecular formula is C28H26N6O2. The summed E-state index contributed by atoms with van der Waals surface area (Å²) < 4.78 is 7.23.